The van der Waals surface area contributed by atoms with E-state index in [0.29, 0.717) is 6.61 Å². The van der Waals surface area contributed by atoms with Crippen LogP contribution in [0.25, 0.3) is 0 Å². The summed E-state index contributed by atoms with van der Waals surface area (Å²) < 4.78 is 20.1. The van der Waals surface area contributed by atoms with Crippen molar-refractivity contribution in [3.8, 4) is 0 Å². The van der Waals surface area contributed by atoms with Crippen LogP contribution in [0.5, 0.6) is 0 Å². The number of carbonyl (C=O) groups excluding carboxylic acids is 2. The highest BCUT2D eigenvalue weighted by molar-refractivity contribution is 5.74. The highest BCUT2D eigenvalue weighted by Crippen LogP contribution is 2.17. The fraction of sp³-hybridized carbons (Fsp3) is 0.786. The van der Waals surface area contributed by atoms with Gasteiger partial charge in [0.1, 0.15) is 12.0 Å². The Bertz CT molecular complexity index is 404. The van der Waals surface area contributed by atoms with Crippen molar-refractivity contribution in [2.75, 3.05) is 53.4 Å². The summed E-state index contributed by atoms with van der Waals surface area (Å²) in [7, 11) is 1.52. The zero-order chi connectivity index (χ0) is 18.4. The van der Waals surface area contributed by atoms with E-state index in [9.17, 15) is 19.5 Å². The van der Waals surface area contributed by atoms with Gasteiger partial charge in [0.15, 0.2) is 0 Å². The van der Waals surface area contributed by atoms with Crippen molar-refractivity contribution in [1.29, 1.82) is 0 Å². The summed E-state index contributed by atoms with van der Waals surface area (Å²) in [4.78, 5) is 33.1. The average molecular weight is 350 g/mol. The molecule has 3 N–H and O–H groups in total. The molecular formula is C14H26N2O8. The molecule has 10 heteroatoms. The van der Waals surface area contributed by atoms with Crippen LogP contribution in [-0.2, 0) is 28.5 Å². The quantitative estimate of drug-likeness (QED) is 0.301. The number of alkyl carbamates (subject to hydrolysis) is 1. The van der Waals surface area contributed by atoms with E-state index in [2.05, 4.69) is 10.6 Å². The minimum atomic E-state index is -1.21. The smallest absolute Gasteiger partial charge is 0.408 e. The molecular weight excluding hydrogens is 324 g/mol. The fourth-order valence-corrected chi connectivity index (χ4v) is 1.39. The minimum absolute atomic E-state index is 0.0241. The van der Waals surface area contributed by atoms with Crippen LogP contribution >= 0.6 is 0 Å². The third-order valence-corrected chi connectivity index (χ3v) is 2.82. The summed E-state index contributed by atoms with van der Waals surface area (Å²) in [6.07, 6.45) is -0.712. The van der Waals surface area contributed by atoms with E-state index in [0.717, 1.165) is 0 Å². The predicted molar refractivity (Wildman–Crippen MR) is 82.4 cm³/mol. The molecule has 0 aromatic carbocycles. The van der Waals surface area contributed by atoms with Crippen LogP contribution in [0.1, 0.15) is 13.8 Å². The van der Waals surface area contributed by atoms with E-state index >= 15 is 0 Å². The Morgan fingerprint density at radius 1 is 1.00 bits per heavy atom. The van der Waals surface area contributed by atoms with Gasteiger partial charge in [-0.15, -0.1) is 0 Å². The molecule has 0 aromatic heterocycles. The van der Waals surface area contributed by atoms with Crippen molar-refractivity contribution in [3.05, 3.63) is 0 Å². The van der Waals surface area contributed by atoms with Crippen molar-refractivity contribution in [2.45, 2.75) is 13.8 Å². The summed E-state index contributed by atoms with van der Waals surface area (Å²) in [5.74, 6) is -1.33. The van der Waals surface area contributed by atoms with Crippen LogP contribution in [0, 0.1) is 5.41 Å². The van der Waals surface area contributed by atoms with Crippen LogP contribution in [-0.4, -0.2) is 76.5 Å². The van der Waals surface area contributed by atoms with Crippen molar-refractivity contribution in [3.63, 3.8) is 0 Å². The second kappa shape index (κ2) is 12.5. The summed E-state index contributed by atoms with van der Waals surface area (Å²) >= 11 is 0. The monoisotopic (exact) mass is 350 g/mol. The van der Waals surface area contributed by atoms with Gasteiger partial charge in [-0.25, -0.2) is 4.79 Å². The van der Waals surface area contributed by atoms with E-state index < -0.39 is 17.5 Å². The van der Waals surface area contributed by atoms with Gasteiger partial charge in [0, 0.05) is 14.0 Å². The molecule has 0 aliphatic rings. The molecule has 24 heavy (non-hydrogen) atoms. The topological polar surface area (TPSA) is 132 Å². The highest BCUT2D eigenvalue weighted by Gasteiger charge is 2.34. The normalized spacial score (nSPS) is 13.0. The third kappa shape index (κ3) is 10.8. The number of amides is 2. The molecule has 0 bridgehead atoms. The van der Waals surface area contributed by atoms with E-state index in [1.807, 2.05) is 0 Å². The van der Waals surface area contributed by atoms with Gasteiger partial charge in [-0.2, -0.15) is 0 Å². The maximum atomic E-state index is 11.3. The first-order chi connectivity index (χ1) is 11.3. The second-order valence-electron chi connectivity index (χ2n) is 5.19. The van der Waals surface area contributed by atoms with Crippen molar-refractivity contribution in [1.82, 2.24) is 10.6 Å². The highest BCUT2D eigenvalue weighted by atomic mass is 16.6. The van der Waals surface area contributed by atoms with Crippen molar-refractivity contribution < 1.29 is 38.4 Å². The Balaban J connectivity index is 3.89. The minimum Gasteiger partial charge on any atom is -0.481 e. The maximum Gasteiger partial charge on any atom is 0.408 e. The summed E-state index contributed by atoms with van der Waals surface area (Å²) in [5, 5.41) is 13.9. The molecule has 0 radical (unpaired) electrons. The largest absolute Gasteiger partial charge is 0.481 e. The molecule has 0 aliphatic heterocycles. The van der Waals surface area contributed by atoms with Gasteiger partial charge in [0.25, 0.3) is 0 Å². The number of hydrogen-bond donors (Lipinski definition) is 3. The molecule has 2 amide bonds. The summed E-state index contributed by atoms with van der Waals surface area (Å²) in [5.41, 5.74) is -1.21. The van der Waals surface area contributed by atoms with E-state index in [1.165, 1.54) is 21.0 Å². The number of rotatable bonds is 13. The third-order valence-electron chi connectivity index (χ3n) is 2.82. The van der Waals surface area contributed by atoms with E-state index in [1.54, 1.807) is 0 Å². The number of hydrogen-bond acceptors (Lipinski definition) is 7. The molecule has 0 rings (SSSR count). The van der Waals surface area contributed by atoms with E-state index in [4.69, 9.17) is 18.9 Å². The lowest BCUT2D eigenvalue weighted by Gasteiger charge is -2.24. The first-order valence-electron chi connectivity index (χ1n) is 7.34. The van der Waals surface area contributed by atoms with E-state index in [-0.39, 0.29) is 45.6 Å². The van der Waals surface area contributed by atoms with Gasteiger partial charge in [0.05, 0.1) is 39.7 Å². The zero-order valence-electron chi connectivity index (χ0n) is 14.3. The Hall–Kier alpha value is -1.91. The number of carboxylic acids is 1. The molecule has 0 spiro atoms. The maximum absolute atomic E-state index is 11.3. The second-order valence-corrected chi connectivity index (χ2v) is 5.19. The number of nitrogens with one attached hydrogen (secondary N) is 2. The van der Waals surface area contributed by atoms with Gasteiger partial charge in [0.2, 0.25) is 5.91 Å². The lowest BCUT2D eigenvalue weighted by molar-refractivity contribution is -0.157. The predicted octanol–water partition coefficient (Wildman–Crippen LogP) is -0.423. The summed E-state index contributed by atoms with van der Waals surface area (Å²) in [6.45, 7) is 3.32. The lowest BCUT2D eigenvalue weighted by atomic mass is 9.93. The Labute approximate surface area is 140 Å². The SMILES string of the molecule is COCCOCC(C)(COCCOC(=O)NCNC(C)=O)C(=O)O. The van der Waals surface area contributed by atoms with Crippen molar-refractivity contribution in [2.24, 2.45) is 5.41 Å². The van der Waals surface area contributed by atoms with Gasteiger partial charge in [-0.1, -0.05) is 0 Å². The van der Waals surface area contributed by atoms with Crippen molar-refractivity contribution >= 4 is 18.0 Å². The lowest BCUT2D eigenvalue weighted by Crippen LogP contribution is -2.38. The number of carbonyl (C=O) groups is 3. The molecule has 0 heterocycles. The van der Waals surface area contributed by atoms with Gasteiger partial charge >= 0.3 is 12.1 Å². The molecule has 0 saturated carbocycles. The first kappa shape index (κ1) is 22.1. The molecule has 140 valence electrons. The molecule has 0 saturated heterocycles. The number of ether oxygens (including phenoxy) is 4. The Kier molecular flexibility index (Phi) is 11.5. The molecule has 10 nitrogen and oxygen atoms in total. The van der Waals surface area contributed by atoms with Crippen LogP contribution in [0.15, 0.2) is 0 Å². The van der Waals surface area contributed by atoms with Gasteiger partial charge < -0.3 is 34.7 Å². The molecule has 1 atom stereocenters. The molecule has 0 aromatic rings. The number of aliphatic carboxylic acids is 1. The molecule has 0 fully saturated rings. The average Bonchev–Trinajstić information content (AvgIpc) is 2.50. The first-order valence-corrected chi connectivity index (χ1v) is 7.34. The fourth-order valence-electron chi connectivity index (χ4n) is 1.39. The van der Waals surface area contributed by atoms with Crippen LogP contribution in [0.4, 0.5) is 4.79 Å². The van der Waals surface area contributed by atoms with Crippen LogP contribution in [0.2, 0.25) is 0 Å². The van der Waals surface area contributed by atoms with Gasteiger partial charge in [-0.3, -0.25) is 9.59 Å². The summed E-state index contributed by atoms with van der Waals surface area (Å²) in [6, 6.07) is 0. The Morgan fingerprint density at radius 3 is 2.08 bits per heavy atom. The number of carboxylic acid groups (broad SMARTS) is 1. The zero-order valence-corrected chi connectivity index (χ0v) is 14.3. The van der Waals surface area contributed by atoms with Crippen LogP contribution in [0.3, 0.4) is 0 Å². The Morgan fingerprint density at radius 2 is 1.58 bits per heavy atom. The standard InChI is InChI=1S/C14H26N2O8/c1-11(17)15-10-16-13(20)24-7-6-23-9-14(2,12(18)19)8-22-5-4-21-3/h4-10H2,1-3H3,(H,15,17)(H,16,20)(H,18,19). The van der Waals surface area contributed by atoms with Gasteiger partial charge in [-0.05, 0) is 6.92 Å². The molecule has 0 aliphatic carbocycles. The van der Waals surface area contributed by atoms with Crippen LogP contribution < -0.4 is 10.6 Å². The molecule has 1 unspecified atom stereocenters. The number of methoxy groups -OCH3 is 1.